The van der Waals surface area contributed by atoms with E-state index in [1.165, 1.54) is 23.3 Å². The van der Waals surface area contributed by atoms with Crippen molar-refractivity contribution in [2.45, 2.75) is 19.4 Å². The zero-order valence-electron chi connectivity index (χ0n) is 11.4. The van der Waals surface area contributed by atoms with Crippen LogP contribution >= 0.6 is 27.5 Å². The smallest absolute Gasteiger partial charge is 0.124 e. The van der Waals surface area contributed by atoms with E-state index < -0.39 is 0 Å². The lowest BCUT2D eigenvalue weighted by Crippen LogP contribution is -2.19. The maximum absolute atomic E-state index is 13.1. The molecular weight excluding hydrogens is 341 g/mol. The minimum atomic E-state index is -0.308. The number of hydrogen-bond donors (Lipinski definition) is 1. The van der Waals surface area contributed by atoms with Crippen LogP contribution in [0, 0.1) is 12.7 Å². The van der Waals surface area contributed by atoms with Gasteiger partial charge in [-0.05, 0) is 55.3 Å². The van der Waals surface area contributed by atoms with Crippen LogP contribution in [0.25, 0.3) is 0 Å². The third-order valence-electron chi connectivity index (χ3n) is 3.39. The Morgan fingerprint density at radius 1 is 1.25 bits per heavy atom. The maximum Gasteiger partial charge on any atom is 0.124 e. The van der Waals surface area contributed by atoms with E-state index in [-0.39, 0.29) is 11.9 Å². The van der Waals surface area contributed by atoms with Crippen LogP contribution in [0.15, 0.2) is 40.9 Å². The summed E-state index contributed by atoms with van der Waals surface area (Å²) in [6.45, 7) is 2.05. The highest BCUT2D eigenvalue weighted by molar-refractivity contribution is 9.10. The number of hydrogen-bond acceptors (Lipinski definition) is 1. The largest absolute Gasteiger partial charge is 0.313 e. The molecule has 1 unspecified atom stereocenters. The molecule has 0 aliphatic heterocycles. The predicted molar refractivity (Wildman–Crippen MR) is 85.8 cm³/mol. The third kappa shape index (κ3) is 3.60. The fourth-order valence-corrected chi connectivity index (χ4v) is 2.76. The van der Waals surface area contributed by atoms with Crippen molar-refractivity contribution in [3.8, 4) is 0 Å². The molecule has 0 aliphatic carbocycles. The average Bonchev–Trinajstić information content (AvgIpc) is 2.41. The number of halogens is 3. The summed E-state index contributed by atoms with van der Waals surface area (Å²) in [6, 6.07) is 11.0. The van der Waals surface area contributed by atoms with Gasteiger partial charge in [0.25, 0.3) is 0 Å². The first-order valence-electron chi connectivity index (χ1n) is 6.38. The van der Waals surface area contributed by atoms with E-state index in [1.54, 1.807) is 6.07 Å². The van der Waals surface area contributed by atoms with Crippen LogP contribution in [0.5, 0.6) is 0 Å². The minimum Gasteiger partial charge on any atom is -0.313 e. The van der Waals surface area contributed by atoms with Crippen molar-refractivity contribution in [1.82, 2.24) is 5.32 Å². The Hall–Kier alpha value is -0.900. The Bertz CT molecular complexity index is 615. The van der Waals surface area contributed by atoms with Gasteiger partial charge in [-0.3, -0.25) is 0 Å². The number of benzene rings is 2. The van der Waals surface area contributed by atoms with Crippen molar-refractivity contribution in [3.05, 3.63) is 68.4 Å². The van der Waals surface area contributed by atoms with Gasteiger partial charge in [0.2, 0.25) is 0 Å². The quantitative estimate of drug-likeness (QED) is 0.808. The molecule has 0 aromatic heterocycles. The fraction of sp³-hybridized carbons (Fsp3) is 0.250. The van der Waals surface area contributed by atoms with E-state index in [9.17, 15) is 4.39 Å². The average molecular weight is 357 g/mol. The molecular formula is C16H16BrClFN. The molecule has 1 nitrogen and oxygen atoms in total. The van der Waals surface area contributed by atoms with Crippen molar-refractivity contribution in [1.29, 1.82) is 0 Å². The first kappa shape index (κ1) is 15.5. The summed E-state index contributed by atoms with van der Waals surface area (Å²) in [5.41, 5.74) is 3.30. The van der Waals surface area contributed by atoms with E-state index in [2.05, 4.69) is 46.4 Å². The fourth-order valence-electron chi connectivity index (χ4n) is 2.12. The summed E-state index contributed by atoms with van der Waals surface area (Å²) in [7, 11) is 1.91. The summed E-state index contributed by atoms with van der Waals surface area (Å²) >= 11 is 9.65. The zero-order chi connectivity index (χ0) is 14.7. The van der Waals surface area contributed by atoms with Gasteiger partial charge < -0.3 is 5.32 Å². The number of likely N-dealkylation sites (N-methyl/N-ethyl adjacent to an activating group) is 1. The van der Waals surface area contributed by atoms with Crippen LogP contribution in [0.4, 0.5) is 4.39 Å². The normalized spacial score (nSPS) is 12.4. The van der Waals surface area contributed by atoms with Crippen LogP contribution < -0.4 is 5.32 Å². The SMILES string of the molecule is CNC(Cc1ccc(F)cc1Cl)c1ccc(C)c(Br)c1. The first-order valence-corrected chi connectivity index (χ1v) is 7.55. The van der Waals surface area contributed by atoms with E-state index in [0.717, 1.165) is 10.0 Å². The van der Waals surface area contributed by atoms with Gasteiger partial charge in [-0.25, -0.2) is 4.39 Å². The molecule has 4 heteroatoms. The second-order valence-electron chi connectivity index (χ2n) is 4.79. The molecule has 0 aliphatic rings. The molecule has 1 N–H and O–H groups in total. The standard InChI is InChI=1S/C16H16BrClFN/c1-10-3-4-12(7-14(10)17)16(20-2)8-11-5-6-13(19)9-15(11)18/h3-7,9,16,20H,8H2,1-2H3. The molecule has 0 saturated carbocycles. The van der Waals surface area contributed by atoms with Gasteiger partial charge in [-0.2, -0.15) is 0 Å². The number of nitrogens with one attached hydrogen (secondary N) is 1. The van der Waals surface area contributed by atoms with Gasteiger partial charge >= 0.3 is 0 Å². The summed E-state index contributed by atoms with van der Waals surface area (Å²) in [6.07, 6.45) is 0.713. The van der Waals surface area contributed by atoms with Gasteiger partial charge in [0.1, 0.15) is 5.82 Å². The molecule has 20 heavy (non-hydrogen) atoms. The monoisotopic (exact) mass is 355 g/mol. The highest BCUT2D eigenvalue weighted by Crippen LogP contribution is 2.27. The molecule has 0 saturated heterocycles. The van der Waals surface area contributed by atoms with E-state index in [1.807, 2.05) is 7.05 Å². The second kappa shape index (κ2) is 6.70. The van der Waals surface area contributed by atoms with Crippen LogP contribution in [0.1, 0.15) is 22.7 Å². The lowest BCUT2D eigenvalue weighted by molar-refractivity contribution is 0.588. The van der Waals surface area contributed by atoms with E-state index in [0.29, 0.717) is 11.4 Å². The lowest BCUT2D eigenvalue weighted by Gasteiger charge is -2.18. The molecule has 1 atom stereocenters. The van der Waals surface area contributed by atoms with Gasteiger partial charge in [0, 0.05) is 15.5 Å². The maximum atomic E-state index is 13.1. The van der Waals surface area contributed by atoms with Crippen molar-refractivity contribution in [2.75, 3.05) is 7.05 Å². The molecule has 0 radical (unpaired) electrons. The van der Waals surface area contributed by atoms with Crippen LogP contribution in [0.3, 0.4) is 0 Å². The van der Waals surface area contributed by atoms with Gasteiger partial charge in [-0.15, -0.1) is 0 Å². The van der Waals surface area contributed by atoms with Gasteiger partial charge in [0.15, 0.2) is 0 Å². The number of rotatable bonds is 4. The zero-order valence-corrected chi connectivity index (χ0v) is 13.7. The third-order valence-corrected chi connectivity index (χ3v) is 4.59. The van der Waals surface area contributed by atoms with E-state index in [4.69, 9.17) is 11.6 Å². The Labute approximate surface area is 132 Å². The number of aryl methyl sites for hydroxylation is 1. The van der Waals surface area contributed by atoms with Crippen molar-refractivity contribution in [2.24, 2.45) is 0 Å². The predicted octanol–water partition coefficient (Wildman–Crippen LogP) is 5.05. The Morgan fingerprint density at radius 3 is 2.60 bits per heavy atom. The molecule has 0 heterocycles. The van der Waals surface area contributed by atoms with E-state index >= 15 is 0 Å². The Balaban J connectivity index is 2.26. The van der Waals surface area contributed by atoms with Gasteiger partial charge in [-0.1, -0.05) is 45.7 Å². The summed E-state index contributed by atoms with van der Waals surface area (Å²) in [5.74, 6) is -0.308. The Morgan fingerprint density at radius 2 is 2.00 bits per heavy atom. The van der Waals surface area contributed by atoms with Crippen LogP contribution in [-0.2, 0) is 6.42 Å². The lowest BCUT2D eigenvalue weighted by atomic mass is 9.98. The topological polar surface area (TPSA) is 12.0 Å². The molecule has 0 spiro atoms. The molecule has 0 bridgehead atoms. The molecule has 0 fully saturated rings. The van der Waals surface area contributed by atoms with Crippen molar-refractivity contribution in [3.63, 3.8) is 0 Å². The summed E-state index contributed by atoms with van der Waals surface area (Å²) in [5, 5.41) is 3.75. The molecule has 2 rings (SSSR count). The minimum absolute atomic E-state index is 0.134. The highest BCUT2D eigenvalue weighted by Gasteiger charge is 2.13. The van der Waals surface area contributed by atoms with Crippen molar-refractivity contribution >= 4 is 27.5 Å². The highest BCUT2D eigenvalue weighted by atomic mass is 79.9. The van der Waals surface area contributed by atoms with Crippen LogP contribution in [-0.4, -0.2) is 7.05 Å². The Kier molecular flexibility index (Phi) is 5.19. The molecule has 2 aromatic carbocycles. The first-order chi connectivity index (χ1) is 9.51. The van der Waals surface area contributed by atoms with Crippen molar-refractivity contribution < 1.29 is 4.39 Å². The summed E-state index contributed by atoms with van der Waals surface area (Å²) < 4.78 is 14.2. The molecule has 2 aromatic rings. The van der Waals surface area contributed by atoms with Gasteiger partial charge in [0.05, 0.1) is 0 Å². The second-order valence-corrected chi connectivity index (χ2v) is 6.05. The molecule has 106 valence electrons. The van der Waals surface area contributed by atoms with Crippen LogP contribution in [0.2, 0.25) is 5.02 Å². The summed E-state index contributed by atoms with van der Waals surface area (Å²) in [4.78, 5) is 0. The molecule has 0 amide bonds.